The second kappa shape index (κ2) is 7.08. The van der Waals surface area contributed by atoms with Crippen molar-refractivity contribution in [3.05, 3.63) is 102 Å². The van der Waals surface area contributed by atoms with Crippen molar-refractivity contribution < 1.29 is 9.90 Å². The number of carbonyl (C=O) groups excluding carboxylic acids is 1. The molecule has 1 amide bonds. The summed E-state index contributed by atoms with van der Waals surface area (Å²) < 4.78 is 2.14. The van der Waals surface area contributed by atoms with Gasteiger partial charge in [-0.05, 0) is 41.0 Å². The zero-order valence-electron chi connectivity index (χ0n) is 16.2. The molecule has 0 bridgehead atoms. The molecule has 146 valence electrons. The molecular weight excluding hydrogens is 372 g/mol. The number of hydrogen-bond donors (Lipinski definition) is 2. The Balaban J connectivity index is 1.87. The highest BCUT2D eigenvalue weighted by Gasteiger charge is 2.20. The second-order valence-electron chi connectivity index (χ2n) is 7.39. The van der Waals surface area contributed by atoms with Crippen LogP contribution in [-0.2, 0) is 6.54 Å². The summed E-state index contributed by atoms with van der Waals surface area (Å²) in [6.07, 6.45) is 0. The lowest BCUT2D eigenvalue weighted by Crippen LogP contribution is -2.11. The molecule has 0 saturated heterocycles. The van der Waals surface area contributed by atoms with Gasteiger partial charge in [0.15, 0.2) is 0 Å². The van der Waals surface area contributed by atoms with E-state index in [1.54, 1.807) is 12.1 Å². The lowest BCUT2D eigenvalue weighted by Gasteiger charge is -2.10. The van der Waals surface area contributed by atoms with Crippen molar-refractivity contribution in [2.24, 2.45) is 5.73 Å². The first-order chi connectivity index (χ1) is 14.6. The number of nitrogens with zero attached hydrogens (tertiary/aromatic N) is 1. The maximum Gasteiger partial charge on any atom is 0.249 e. The van der Waals surface area contributed by atoms with Crippen LogP contribution in [0.3, 0.4) is 0 Å². The molecule has 4 heteroatoms. The van der Waals surface area contributed by atoms with Crippen LogP contribution in [0.25, 0.3) is 32.9 Å². The molecule has 0 radical (unpaired) electrons. The lowest BCUT2D eigenvalue weighted by molar-refractivity contribution is 0.100. The third-order valence-electron chi connectivity index (χ3n) is 5.53. The molecule has 30 heavy (non-hydrogen) atoms. The van der Waals surface area contributed by atoms with Crippen LogP contribution in [0.5, 0.6) is 5.75 Å². The summed E-state index contributed by atoms with van der Waals surface area (Å²) in [5.41, 5.74) is 10.9. The number of phenolic OH excluding ortho intramolecular Hbond substituents is 1. The summed E-state index contributed by atoms with van der Waals surface area (Å²) in [6.45, 7) is 0.612. The van der Waals surface area contributed by atoms with Crippen LogP contribution >= 0.6 is 0 Å². The molecule has 1 aromatic heterocycles. The van der Waals surface area contributed by atoms with Crippen molar-refractivity contribution in [1.29, 1.82) is 0 Å². The standard InChI is InChI=1S/C26H20N2O2/c27-26(30)20-12-7-13-21-24(20)25-22(28(21)16-17-8-3-1-4-9-17)14-19(15-23(25)29)18-10-5-2-6-11-18/h1-15,29H,16H2,(H2,27,30). The number of phenols is 1. The molecule has 5 aromatic rings. The largest absolute Gasteiger partial charge is 0.507 e. The number of amides is 1. The number of hydrogen-bond acceptors (Lipinski definition) is 2. The highest BCUT2D eigenvalue weighted by atomic mass is 16.3. The Morgan fingerprint density at radius 2 is 1.47 bits per heavy atom. The summed E-state index contributed by atoms with van der Waals surface area (Å²) in [5, 5.41) is 12.4. The van der Waals surface area contributed by atoms with Gasteiger partial charge >= 0.3 is 0 Å². The van der Waals surface area contributed by atoms with Crippen LogP contribution in [-0.4, -0.2) is 15.6 Å². The fraction of sp³-hybridized carbons (Fsp3) is 0.0385. The minimum atomic E-state index is -0.508. The SMILES string of the molecule is NC(=O)c1cccc2c1c1c(O)cc(-c3ccccc3)cc1n2Cc1ccccc1. The van der Waals surface area contributed by atoms with Crippen LogP contribution in [0.1, 0.15) is 15.9 Å². The lowest BCUT2D eigenvalue weighted by atomic mass is 10.0. The first kappa shape index (κ1) is 18.0. The number of nitrogens with two attached hydrogens (primary N) is 1. The second-order valence-corrected chi connectivity index (χ2v) is 7.39. The molecule has 4 aromatic carbocycles. The van der Waals surface area contributed by atoms with Gasteiger partial charge < -0.3 is 15.4 Å². The Kier molecular flexibility index (Phi) is 4.25. The van der Waals surface area contributed by atoms with E-state index in [0.29, 0.717) is 22.9 Å². The highest BCUT2D eigenvalue weighted by molar-refractivity contribution is 6.20. The Morgan fingerprint density at radius 3 is 2.17 bits per heavy atom. The van der Waals surface area contributed by atoms with Gasteiger partial charge in [-0.25, -0.2) is 0 Å². The van der Waals surface area contributed by atoms with E-state index in [4.69, 9.17) is 5.73 Å². The fourth-order valence-electron chi connectivity index (χ4n) is 4.18. The maximum absolute atomic E-state index is 12.2. The van der Waals surface area contributed by atoms with Gasteiger partial charge in [0.2, 0.25) is 5.91 Å². The van der Waals surface area contributed by atoms with E-state index in [1.165, 1.54) is 0 Å². The average molecular weight is 392 g/mol. The summed E-state index contributed by atoms with van der Waals surface area (Å²) in [6, 6.07) is 29.4. The number of fused-ring (bicyclic) bond motifs is 3. The summed E-state index contributed by atoms with van der Waals surface area (Å²) in [7, 11) is 0. The monoisotopic (exact) mass is 392 g/mol. The molecule has 3 N–H and O–H groups in total. The van der Waals surface area contributed by atoms with Crippen LogP contribution in [0.15, 0.2) is 91.0 Å². The summed E-state index contributed by atoms with van der Waals surface area (Å²) >= 11 is 0. The molecule has 0 aliphatic rings. The van der Waals surface area contributed by atoms with E-state index >= 15 is 0 Å². The Morgan fingerprint density at radius 1 is 0.767 bits per heavy atom. The van der Waals surface area contributed by atoms with E-state index in [1.807, 2.05) is 60.7 Å². The number of carbonyl (C=O) groups is 1. The number of primary amides is 1. The summed E-state index contributed by atoms with van der Waals surface area (Å²) in [5.74, 6) is -0.372. The number of aromatic nitrogens is 1. The van der Waals surface area contributed by atoms with Gasteiger partial charge in [-0.15, -0.1) is 0 Å². The van der Waals surface area contributed by atoms with Gasteiger partial charge in [0.1, 0.15) is 5.75 Å². The quantitative estimate of drug-likeness (QED) is 0.435. The van der Waals surface area contributed by atoms with E-state index in [2.05, 4.69) is 22.8 Å². The highest BCUT2D eigenvalue weighted by Crippen LogP contribution is 2.40. The Bertz CT molecular complexity index is 1390. The molecule has 0 unspecified atom stereocenters. The van der Waals surface area contributed by atoms with Crippen LogP contribution in [0.4, 0.5) is 0 Å². The third kappa shape index (κ3) is 2.90. The Hall–Kier alpha value is -4.05. The molecule has 0 atom stereocenters. The third-order valence-corrected chi connectivity index (χ3v) is 5.53. The predicted molar refractivity (Wildman–Crippen MR) is 121 cm³/mol. The van der Waals surface area contributed by atoms with Crippen molar-refractivity contribution in [3.8, 4) is 16.9 Å². The molecule has 1 heterocycles. The Labute approximate surface area is 173 Å². The summed E-state index contributed by atoms with van der Waals surface area (Å²) in [4.78, 5) is 12.2. The fourth-order valence-corrected chi connectivity index (χ4v) is 4.18. The van der Waals surface area contributed by atoms with Crippen LogP contribution in [0.2, 0.25) is 0 Å². The normalized spacial score (nSPS) is 11.2. The molecule has 0 spiro atoms. The van der Waals surface area contributed by atoms with E-state index in [9.17, 15) is 9.90 Å². The van der Waals surface area contributed by atoms with Gasteiger partial charge in [0.05, 0.1) is 16.4 Å². The molecule has 0 fully saturated rings. The first-order valence-electron chi connectivity index (χ1n) is 9.80. The van der Waals surface area contributed by atoms with E-state index in [-0.39, 0.29) is 5.75 Å². The van der Waals surface area contributed by atoms with E-state index in [0.717, 1.165) is 27.7 Å². The maximum atomic E-state index is 12.2. The molecular formula is C26H20N2O2. The van der Waals surface area contributed by atoms with Gasteiger partial charge in [-0.1, -0.05) is 66.7 Å². The minimum Gasteiger partial charge on any atom is -0.507 e. The van der Waals surface area contributed by atoms with Crippen molar-refractivity contribution in [2.75, 3.05) is 0 Å². The molecule has 0 saturated carbocycles. The molecule has 0 aliphatic carbocycles. The number of rotatable bonds is 4. The van der Waals surface area contributed by atoms with Gasteiger partial charge in [-0.3, -0.25) is 4.79 Å². The van der Waals surface area contributed by atoms with Crippen LogP contribution in [0, 0.1) is 0 Å². The zero-order chi connectivity index (χ0) is 20.7. The number of benzene rings is 4. The van der Waals surface area contributed by atoms with Gasteiger partial charge in [-0.2, -0.15) is 0 Å². The van der Waals surface area contributed by atoms with Crippen LogP contribution < -0.4 is 5.73 Å². The molecule has 0 aliphatic heterocycles. The van der Waals surface area contributed by atoms with Crippen molar-refractivity contribution in [2.45, 2.75) is 6.54 Å². The zero-order valence-corrected chi connectivity index (χ0v) is 16.2. The van der Waals surface area contributed by atoms with E-state index < -0.39 is 5.91 Å². The number of aromatic hydroxyl groups is 1. The topological polar surface area (TPSA) is 68.2 Å². The van der Waals surface area contributed by atoms with Crippen molar-refractivity contribution >= 4 is 27.7 Å². The molecule has 4 nitrogen and oxygen atoms in total. The first-order valence-corrected chi connectivity index (χ1v) is 9.80. The smallest absolute Gasteiger partial charge is 0.249 e. The predicted octanol–water partition coefficient (Wildman–Crippen LogP) is 5.31. The van der Waals surface area contributed by atoms with Crippen molar-refractivity contribution in [3.63, 3.8) is 0 Å². The van der Waals surface area contributed by atoms with Gasteiger partial charge in [0, 0.05) is 17.5 Å². The molecule has 5 rings (SSSR count). The van der Waals surface area contributed by atoms with Gasteiger partial charge in [0.25, 0.3) is 0 Å². The average Bonchev–Trinajstić information content (AvgIpc) is 3.09. The van der Waals surface area contributed by atoms with Crippen molar-refractivity contribution in [1.82, 2.24) is 4.57 Å². The minimum absolute atomic E-state index is 0.136.